The molecule has 4 nitrogen and oxygen atoms in total. The van der Waals surface area contributed by atoms with Crippen LogP contribution in [0.3, 0.4) is 0 Å². The molecule has 1 N–H and O–H groups in total. The number of aromatic nitrogens is 2. The molecule has 1 aliphatic rings. The number of hydrogen-bond donors (Lipinski definition) is 1. The average molecular weight is 270 g/mol. The Bertz CT molecular complexity index is 339. The maximum atomic E-state index is 5.66. The molecule has 0 bridgehead atoms. The summed E-state index contributed by atoms with van der Waals surface area (Å²) in [5, 5.41) is 11.7. The molecule has 5 heteroatoms. The van der Waals surface area contributed by atoms with Gasteiger partial charge in [0.25, 0.3) is 0 Å². The molecule has 0 aromatic carbocycles. The molecule has 0 aliphatic carbocycles. The normalized spacial score (nSPS) is 19.9. The van der Waals surface area contributed by atoms with E-state index in [0.29, 0.717) is 17.8 Å². The summed E-state index contributed by atoms with van der Waals surface area (Å²) in [4.78, 5) is 0. The Kier molecular flexibility index (Phi) is 5.84. The van der Waals surface area contributed by atoms with Gasteiger partial charge in [-0.3, -0.25) is 0 Å². The SMILES string of the molecule is Clc1ccc(COCCCC2CCCCN2)nn1. The molecule has 1 aliphatic heterocycles. The molecule has 1 aromatic rings. The fourth-order valence-corrected chi connectivity index (χ4v) is 2.30. The van der Waals surface area contributed by atoms with E-state index in [0.717, 1.165) is 18.7 Å². The summed E-state index contributed by atoms with van der Waals surface area (Å²) >= 11 is 5.66. The van der Waals surface area contributed by atoms with Crippen molar-refractivity contribution >= 4 is 11.6 Å². The summed E-state index contributed by atoms with van der Waals surface area (Å²) < 4.78 is 5.58. The van der Waals surface area contributed by atoms with Crippen molar-refractivity contribution < 1.29 is 4.74 Å². The summed E-state index contributed by atoms with van der Waals surface area (Å²) in [7, 11) is 0. The largest absolute Gasteiger partial charge is 0.375 e. The molecule has 2 rings (SSSR count). The molecule has 1 saturated heterocycles. The molecule has 1 atom stereocenters. The lowest BCUT2D eigenvalue weighted by Crippen LogP contribution is -2.33. The van der Waals surface area contributed by atoms with E-state index in [2.05, 4.69) is 15.5 Å². The summed E-state index contributed by atoms with van der Waals surface area (Å²) in [5.74, 6) is 0. The Morgan fingerprint density at radius 3 is 3.00 bits per heavy atom. The monoisotopic (exact) mass is 269 g/mol. The Morgan fingerprint density at radius 1 is 1.33 bits per heavy atom. The first-order valence-electron chi connectivity index (χ1n) is 6.64. The molecule has 2 heterocycles. The number of hydrogen-bond acceptors (Lipinski definition) is 4. The number of piperidine rings is 1. The van der Waals surface area contributed by atoms with Gasteiger partial charge in [-0.05, 0) is 44.4 Å². The smallest absolute Gasteiger partial charge is 0.151 e. The second-order valence-electron chi connectivity index (χ2n) is 4.69. The molecule has 1 unspecified atom stereocenters. The van der Waals surface area contributed by atoms with E-state index in [-0.39, 0.29) is 0 Å². The number of halogens is 1. The van der Waals surface area contributed by atoms with Gasteiger partial charge < -0.3 is 10.1 Å². The molecule has 100 valence electrons. The number of rotatable bonds is 6. The molecule has 0 amide bonds. The first-order chi connectivity index (χ1) is 8.84. The predicted molar refractivity (Wildman–Crippen MR) is 71.6 cm³/mol. The van der Waals surface area contributed by atoms with Crippen molar-refractivity contribution in [1.29, 1.82) is 0 Å². The molecule has 0 saturated carbocycles. The highest BCUT2D eigenvalue weighted by atomic mass is 35.5. The van der Waals surface area contributed by atoms with E-state index in [1.54, 1.807) is 6.07 Å². The Labute approximate surface area is 113 Å². The lowest BCUT2D eigenvalue weighted by molar-refractivity contribution is 0.111. The van der Waals surface area contributed by atoms with Crippen LogP contribution in [0.15, 0.2) is 12.1 Å². The third-order valence-electron chi connectivity index (χ3n) is 3.19. The van der Waals surface area contributed by atoms with Crippen molar-refractivity contribution in [2.75, 3.05) is 13.2 Å². The van der Waals surface area contributed by atoms with Crippen molar-refractivity contribution in [2.45, 2.75) is 44.8 Å². The van der Waals surface area contributed by atoms with Crippen LogP contribution < -0.4 is 5.32 Å². The van der Waals surface area contributed by atoms with Gasteiger partial charge in [-0.1, -0.05) is 18.0 Å². The molecule has 18 heavy (non-hydrogen) atoms. The summed E-state index contributed by atoms with van der Waals surface area (Å²) in [6, 6.07) is 4.27. The lowest BCUT2D eigenvalue weighted by atomic mass is 10.0. The molecule has 1 aromatic heterocycles. The van der Waals surface area contributed by atoms with Crippen LogP contribution in [0.5, 0.6) is 0 Å². The van der Waals surface area contributed by atoms with Gasteiger partial charge in [0.05, 0.1) is 12.3 Å². The second-order valence-corrected chi connectivity index (χ2v) is 5.08. The van der Waals surface area contributed by atoms with Crippen molar-refractivity contribution in [3.63, 3.8) is 0 Å². The van der Waals surface area contributed by atoms with Crippen molar-refractivity contribution in [1.82, 2.24) is 15.5 Å². The molecule has 0 spiro atoms. The zero-order chi connectivity index (χ0) is 12.6. The van der Waals surface area contributed by atoms with Gasteiger partial charge in [-0.15, -0.1) is 5.10 Å². The van der Waals surface area contributed by atoms with Crippen LogP contribution in [-0.4, -0.2) is 29.4 Å². The zero-order valence-electron chi connectivity index (χ0n) is 10.6. The second kappa shape index (κ2) is 7.67. The van der Waals surface area contributed by atoms with Gasteiger partial charge in [-0.2, -0.15) is 5.10 Å². The van der Waals surface area contributed by atoms with E-state index in [4.69, 9.17) is 16.3 Å². The molecular formula is C13H20ClN3O. The van der Waals surface area contributed by atoms with Crippen LogP contribution in [0, 0.1) is 0 Å². The van der Waals surface area contributed by atoms with Gasteiger partial charge in [-0.25, -0.2) is 0 Å². The minimum Gasteiger partial charge on any atom is -0.375 e. The molecule has 1 fully saturated rings. The molecule has 0 radical (unpaired) electrons. The minimum atomic E-state index is 0.419. The van der Waals surface area contributed by atoms with E-state index in [1.165, 1.54) is 32.2 Å². The number of ether oxygens (including phenoxy) is 1. The fourth-order valence-electron chi connectivity index (χ4n) is 2.20. The van der Waals surface area contributed by atoms with Crippen LogP contribution in [0.4, 0.5) is 0 Å². The Balaban J connectivity index is 1.54. The third-order valence-corrected chi connectivity index (χ3v) is 3.39. The zero-order valence-corrected chi connectivity index (χ0v) is 11.3. The van der Waals surface area contributed by atoms with Crippen LogP contribution in [0.2, 0.25) is 5.15 Å². The van der Waals surface area contributed by atoms with Crippen LogP contribution >= 0.6 is 11.6 Å². The maximum Gasteiger partial charge on any atom is 0.151 e. The topological polar surface area (TPSA) is 47.0 Å². The van der Waals surface area contributed by atoms with Gasteiger partial charge in [0.1, 0.15) is 0 Å². The Morgan fingerprint density at radius 2 is 2.28 bits per heavy atom. The highest BCUT2D eigenvalue weighted by Gasteiger charge is 2.11. The van der Waals surface area contributed by atoms with E-state index >= 15 is 0 Å². The predicted octanol–water partition coefficient (Wildman–Crippen LogP) is 2.57. The van der Waals surface area contributed by atoms with Gasteiger partial charge in [0.15, 0.2) is 5.15 Å². The quantitative estimate of drug-likeness (QED) is 0.807. The van der Waals surface area contributed by atoms with Crippen molar-refractivity contribution in [3.8, 4) is 0 Å². The van der Waals surface area contributed by atoms with Crippen molar-refractivity contribution in [3.05, 3.63) is 23.0 Å². The summed E-state index contributed by atoms with van der Waals surface area (Å²) in [6.07, 6.45) is 6.29. The van der Waals surface area contributed by atoms with Gasteiger partial charge in [0.2, 0.25) is 0 Å². The van der Waals surface area contributed by atoms with Crippen LogP contribution in [0.25, 0.3) is 0 Å². The van der Waals surface area contributed by atoms with Gasteiger partial charge in [0, 0.05) is 12.6 Å². The highest BCUT2D eigenvalue weighted by molar-refractivity contribution is 6.29. The van der Waals surface area contributed by atoms with Crippen LogP contribution in [-0.2, 0) is 11.3 Å². The first-order valence-corrected chi connectivity index (χ1v) is 7.01. The van der Waals surface area contributed by atoms with E-state index in [9.17, 15) is 0 Å². The lowest BCUT2D eigenvalue weighted by Gasteiger charge is -2.23. The highest BCUT2D eigenvalue weighted by Crippen LogP contribution is 2.12. The Hall–Kier alpha value is -0.710. The molecular weight excluding hydrogens is 250 g/mol. The number of nitrogens with one attached hydrogen (secondary N) is 1. The maximum absolute atomic E-state index is 5.66. The minimum absolute atomic E-state index is 0.419. The first kappa shape index (κ1) is 13.7. The van der Waals surface area contributed by atoms with Gasteiger partial charge >= 0.3 is 0 Å². The summed E-state index contributed by atoms with van der Waals surface area (Å²) in [6.45, 7) is 2.47. The number of nitrogens with zero attached hydrogens (tertiary/aromatic N) is 2. The van der Waals surface area contributed by atoms with E-state index in [1.807, 2.05) is 6.07 Å². The van der Waals surface area contributed by atoms with Crippen molar-refractivity contribution in [2.24, 2.45) is 0 Å². The fraction of sp³-hybridized carbons (Fsp3) is 0.692. The van der Waals surface area contributed by atoms with E-state index < -0.39 is 0 Å². The van der Waals surface area contributed by atoms with Crippen LogP contribution in [0.1, 0.15) is 37.8 Å². The average Bonchev–Trinajstić information content (AvgIpc) is 2.42. The standard InChI is InChI=1S/C13H20ClN3O/c14-13-7-6-12(16-17-13)10-18-9-3-5-11-4-1-2-8-15-11/h6-7,11,15H,1-5,8-10H2. The third kappa shape index (κ3) is 4.88. The summed E-state index contributed by atoms with van der Waals surface area (Å²) in [5.41, 5.74) is 0.829.